The van der Waals surface area contributed by atoms with Crippen molar-refractivity contribution in [2.24, 2.45) is 5.92 Å². The minimum Gasteiger partial charge on any atom is -0.354 e. The van der Waals surface area contributed by atoms with E-state index in [9.17, 15) is 9.59 Å². The number of hydrogen-bond donors (Lipinski definition) is 2. The van der Waals surface area contributed by atoms with Crippen LogP contribution in [0.25, 0.3) is 0 Å². The molecule has 0 bridgehead atoms. The van der Waals surface area contributed by atoms with Gasteiger partial charge in [0.2, 0.25) is 11.8 Å². The predicted molar refractivity (Wildman–Crippen MR) is 51.1 cm³/mol. The van der Waals surface area contributed by atoms with Gasteiger partial charge in [0.05, 0.1) is 6.54 Å². The highest BCUT2D eigenvalue weighted by molar-refractivity contribution is 5.90. The largest absolute Gasteiger partial charge is 0.354 e. The van der Waals surface area contributed by atoms with Gasteiger partial charge in [0.15, 0.2) is 0 Å². The van der Waals surface area contributed by atoms with Crippen LogP contribution in [0, 0.1) is 5.92 Å². The van der Waals surface area contributed by atoms with Crippen LogP contribution in [0.5, 0.6) is 0 Å². The van der Waals surface area contributed by atoms with Gasteiger partial charge < -0.3 is 10.6 Å². The van der Waals surface area contributed by atoms with Crippen LogP contribution in [0.3, 0.4) is 0 Å². The van der Waals surface area contributed by atoms with E-state index in [4.69, 9.17) is 0 Å². The molecule has 4 heteroatoms. The molecule has 4 nitrogen and oxygen atoms in total. The highest BCUT2D eigenvalue weighted by Crippen LogP contribution is 1.86. The summed E-state index contributed by atoms with van der Waals surface area (Å²) in [6.45, 7) is 7.91. The van der Waals surface area contributed by atoms with E-state index < -0.39 is 0 Å². The molecule has 74 valence electrons. The van der Waals surface area contributed by atoms with Crippen molar-refractivity contribution in [3.63, 3.8) is 0 Å². The molecule has 2 amide bonds. The molecule has 0 atom stereocenters. The zero-order valence-corrected chi connectivity index (χ0v) is 8.09. The molecule has 0 saturated carbocycles. The Balaban J connectivity index is 3.51. The normalized spacial score (nSPS) is 9.46. The summed E-state index contributed by atoms with van der Waals surface area (Å²) < 4.78 is 0. The second-order valence-electron chi connectivity index (χ2n) is 3.12. The Kier molecular flexibility index (Phi) is 5.59. The van der Waals surface area contributed by atoms with E-state index in [-0.39, 0.29) is 18.4 Å². The second kappa shape index (κ2) is 6.22. The van der Waals surface area contributed by atoms with Gasteiger partial charge >= 0.3 is 0 Å². The van der Waals surface area contributed by atoms with Gasteiger partial charge in [-0.3, -0.25) is 9.59 Å². The first-order chi connectivity index (χ1) is 6.06. The van der Waals surface area contributed by atoms with Gasteiger partial charge in [-0.25, -0.2) is 0 Å². The fourth-order valence-corrected chi connectivity index (χ4v) is 0.620. The van der Waals surface area contributed by atoms with Gasteiger partial charge in [0.25, 0.3) is 0 Å². The van der Waals surface area contributed by atoms with Gasteiger partial charge in [-0.2, -0.15) is 0 Å². The first kappa shape index (κ1) is 11.7. The van der Waals surface area contributed by atoms with Crippen LogP contribution < -0.4 is 10.6 Å². The van der Waals surface area contributed by atoms with E-state index in [1.165, 1.54) is 0 Å². The van der Waals surface area contributed by atoms with Crippen molar-refractivity contribution in [1.29, 1.82) is 0 Å². The lowest BCUT2D eigenvalue weighted by Gasteiger charge is -2.07. The monoisotopic (exact) mass is 184 g/mol. The molecule has 0 rings (SSSR count). The summed E-state index contributed by atoms with van der Waals surface area (Å²) in [6, 6.07) is 0. The lowest BCUT2D eigenvalue weighted by molar-refractivity contribution is -0.124. The summed E-state index contributed by atoms with van der Waals surface area (Å²) in [5, 5.41) is 5.06. The van der Waals surface area contributed by atoms with Gasteiger partial charge in [0.1, 0.15) is 0 Å². The lowest BCUT2D eigenvalue weighted by Crippen LogP contribution is -2.37. The van der Waals surface area contributed by atoms with E-state index in [1.54, 1.807) is 0 Å². The van der Waals surface area contributed by atoms with Crippen molar-refractivity contribution in [2.45, 2.75) is 13.8 Å². The fourth-order valence-electron chi connectivity index (χ4n) is 0.620. The Bertz CT molecular complexity index is 200. The van der Waals surface area contributed by atoms with E-state index in [0.29, 0.717) is 12.5 Å². The molecule has 0 aromatic carbocycles. The predicted octanol–water partition coefficient (Wildman–Crippen LogP) is 0.0608. The zero-order chi connectivity index (χ0) is 10.3. The maximum Gasteiger partial charge on any atom is 0.243 e. The summed E-state index contributed by atoms with van der Waals surface area (Å²) in [7, 11) is 0. The number of nitrogens with one attached hydrogen (secondary N) is 2. The van der Waals surface area contributed by atoms with Crippen molar-refractivity contribution in [2.75, 3.05) is 13.1 Å². The number of carbonyl (C=O) groups is 2. The van der Waals surface area contributed by atoms with E-state index in [2.05, 4.69) is 17.2 Å². The number of hydrogen-bond acceptors (Lipinski definition) is 2. The zero-order valence-electron chi connectivity index (χ0n) is 8.09. The summed E-state index contributed by atoms with van der Waals surface area (Å²) in [5.74, 6) is -0.0948. The molecule has 0 fully saturated rings. The molecule has 0 radical (unpaired) electrons. The summed E-state index contributed by atoms with van der Waals surface area (Å²) in [5.41, 5.74) is 0. The molecule has 0 heterocycles. The maximum absolute atomic E-state index is 11.0. The van der Waals surface area contributed by atoms with Gasteiger partial charge in [0, 0.05) is 6.54 Å². The van der Waals surface area contributed by atoms with Gasteiger partial charge in [-0.05, 0) is 12.0 Å². The van der Waals surface area contributed by atoms with Crippen LogP contribution in [0.15, 0.2) is 12.7 Å². The molecule has 0 spiro atoms. The topological polar surface area (TPSA) is 58.2 Å². The molecule has 0 aliphatic carbocycles. The van der Waals surface area contributed by atoms with Crippen LogP contribution in [0.2, 0.25) is 0 Å². The third kappa shape index (κ3) is 7.05. The average molecular weight is 184 g/mol. The molecular weight excluding hydrogens is 168 g/mol. The number of rotatable bonds is 5. The van der Waals surface area contributed by atoms with E-state index in [1.807, 2.05) is 13.8 Å². The quantitative estimate of drug-likeness (QED) is 0.594. The average Bonchev–Trinajstić information content (AvgIpc) is 2.10. The first-order valence-electron chi connectivity index (χ1n) is 4.23. The van der Waals surface area contributed by atoms with Crippen LogP contribution in [-0.4, -0.2) is 24.9 Å². The molecule has 0 aromatic heterocycles. The minimum absolute atomic E-state index is 0.0115. The fraction of sp³-hybridized carbons (Fsp3) is 0.556. The van der Waals surface area contributed by atoms with E-state index in [0.717, 1.165) is 6.08 Å². The standard InChI is InChI=1S/C9H16N2O2/c1-4-8(12)11-6-9(13)10-5-7(2)3/h4,7H,1,5-6H2,2-3H3,(H,10,13)(H,11,12). The third-order valence-corrected chi connectivity index (χ3v) is 1.32. The Morgan fingerprint density at radius 2 is 2.00 bits per heavy atom. The molecule has 0 saturated heterocycles. The highest BCUT2D eigenvalue weighted by atomic mass is 16.2. The third-order valence-electron chi connectivity index (χ3n) is 1.32. The van der Waals surface area contributed by atoms with Crippen LogP contribution in [0.1, 0.15) is 13.8 Å². The summed E-state index contributed by atoms with van der Waals surface area (Å²) in [4.78, 5) is 21.7. The molecule has 0 unspecified atom stereocenters. The van der Waals surface area contributed by atoms with Crippen LogP contribution in [0.4, 0.5) is 0 Å². The molecule has 0 aliphatic heterocycles. The molecule has 13 heavy (non-hydrogen) atoms. The van der Waals surface area contributed by atoms with Crippen molar-refractivity contribution in [1.82, 2.24) is 10.6 Å². The molecular formula is C9H16N2O2. The maximum atomic E-state index is 11.0. The van der Waals surface area contributed by atoms with Crippen molar-refractivity contribution < 1.29 is 9.59 Å². The van der Waals surface area contributed by atoms with Crippen molar-refractivity contribution >= 4 is 11.8 Å². The smallest absolute Gasteiger partial charge is 0.243 e. The number of amides is 2. The summed E-state index contributed by atoms with van der Waals surface area (Å²) >= 11 is 0. The Morgan fingerprint density at radius 1 is 1.38 bits per heavy atom. The van der Waals surface area contributed by atoms with Crippen LogP contribution in [-0.2, 0) is 9.59 Å². The highest BCUT2D eigenvalue weighted by Gasteiger charge is 2.02. The lowest BCUT2D eigenvalue weighted by atomic mass is 10.2. The van der Waals surface area contributed by atoms with Gasteiger partial charge in [-0.15, -0.1) is 0 Å². The van der Waals surface area contributed by atoms with Crippen molar-refractivity contribution in [3.8, 4) is 0 Å². The first-order valence-corrected chi connectivity index (χ1v) is 4.23. The molecule has 0 aromatic rings. The van der Waals surface area contributed by atoms with Gasteiger partial charge in [-0.1, -0.05) is 20.4 Å². The Hall–Kier alpha value is -1.32. The van der Waals surface area contributed by atoms with Crippen molar-refractivity contribution in [3.05, 3.63) is 12.7 Å². The summed E-state index contributed by atoms with van der Waals surface area (Å²) in [6.07, 6.45) is 1.13. The van der Waals surface area contributed by atoms with Crippen LogP contribution >= 0.6 is 0 Å². The minimum atomic E-state index is -0.334. The molecule has 2 N–H and O–H groups in total. The molecule has 0 aliphatic rings. The SMILES string of the molecule is C=CC(=O)NCC(=O)NCC(C)C. The Labute approximate surface area is 78.4 Å². The number of carbonyl (C=O) groups excluding carboxylic acids is 2. The Morgan fingerprint density at radius 3 is 2.46 bits per heavy atom. The van der Waals surface area contributed by atoms with E-state index >= 15 is 0 Å². The second-order valence-corrected chi connectivity index (χ2v) is 3.12.